The van der Waals surface area contributed by atoms with E-state index in [4.69, 9.17) is 0 Å². The van der Waals surface area contributed by atoms with Gasteiger partial charge in [-0.15, -0.1) is 5.10 Å². The van der Waals surface area contributed by atoms with Gasteiger partial charge in [0.05, 0.1) is 5.52 Å². The van der Waals surface area contributed by atoms with Crippen molar-refractivity contribution in [3.8, 4) is 0 Å². The first-order valence-electron chi connectivity index (χ1n) is 11.9. The maximum atomic E-state index is 14.0. The van der Waals surface area contributed by atoms with Crippen molar-refractivity contribution in [1.29, 1.82) is 0 Å². The normalized spacial score (nSPS) is 12.2. The molecule has 0 aliphatic carbocycles. The second-order valence-electron chi connectivity index (χ2n) is 9.96. The van der Waals surface area contributed by atoms with Crippen LogP contribution in [0.4, 0.5) is 11.4 Å². The molecule has 0 radical (unpaired) electrons. The van der Waals surface area contributed by atoms with E-state index < -0.39 is 11.6 Å². The Morgan fingerprint density at radius 3 is 2.17 bits per heavy atom. The number of aromatic nitrogens is 3. The average Bonchev–Trinajstić information content (AvgIpc) is 3.24. The monoisotopic (exact) mass is 484 g/mol. The Kier molecular flexibility index (Phi) is 7.05. The smallest absolute Gasteiger partial charge is 0.249 e. The van der Waals surface area contributed by atoms with E-state index in [1.54, 1.807) is 9.58 Å². The predicted molar refractivity (Wildman–Crippen MR) is 143 cm³/mol. The van der Waals surface area contributed by atoms with E-state index in [1.807, 2.05) is 119 Å². The van der Waals surface area contributed by atoms with Crippen LogP contribution in [0.1, 0.15) is 32.4 Å². The molecule has 0 bridgehead atoms. The molecule has 1 aromatic heterocycles. The Hall–Kier alpha value is -4.20. The lowest BCUT2D eigenvalue weighted by atomic mass is 10.00. The molecule has 1 atom stereocenters. The van der Waals surface area contributed by atoms with Crippen molar-refractivity contribution >= 4 is 34.2 Å². The zero-order valence-electron chi connectivity index (χ0n) is 21.3. The fraction of sp³-hybridized carbons (Fsp3) is 0.286. The number of nitrogens with zero attached hydrogens (tertiary/aromatic N) is 5. The summed E-state index contributed by atoms with van der Waals surface area (Å²) in [7, 11) is 3.92. The molecule has 1 heterocycles. The number of amides is 2. The lowest BCUT2D eigenvalue weighted by Gasteiger charge is -2.34. The van der Waals surface area contributed by atoms with Crippen LogP contribution < -0.4 is 15.1 Å². The van der Waals surface area contributed by atoms with E-state index in [-0.39, 0.29) is 18.4 Å². The number of para-hydroxylation sites is 2. The molecule has 0 unspecified atom stereocenters. The number of hydrogen-bond donors (Lipinski definition) is 1. The van der Waals surface area contributed by atoms with Crippen LogP contribution in [-0.2, 0) is 16.1 Å². The second kappa shape index (κ2) is 10.2. The molecular weight excluding hydrogens is 452 g/mol. The summed E-state index contributed by atoms with van der Waals surface area (Å²) in [4.78, 5) is 31.3. The Morgan fingerprint density at radius 1 is 0.889 bits per heavy atom. The van der Waals surface area contributed by atoms with Crippen LogP contribution >= 0.6 is 0 Å². The molecule has 4 aromatic rings. The standard InChI is InChI=1S/C28H32N6O2/c1-28(2,3)29-27(36)26(20-15-17-21(18-16-20)32(4)5)34(22-11-7-6-8-12-22)25(35)19-33-24-14-10-9-13-23(24)30-31-33/h6-18,26H,19H2,1-5H3,(H,29,36)/t26-/m1/s1. The highest BCUT2D eigenvalue weighted by Crippen LogP contribution is 2.30. The fourth-order valence-corrected chi connectivity index (χ4v) is 4.07. The molecular formula is C28H32N6O2. The first-order chi connectivity index (χ1) is 17.1. The quantitative estimate of drug-likeness (QED) is 0.425. The highest BCUT2D eigenvalue weighted by Gasteiger charge is 2.34. The molecule has 0 aliphatic rings. The Bertz CT molecular complexity index is 1340. The van der Waals surface area contributed by atoms with Gasteiger partial charge in [-0.2, -0.15) is 0 Å². The highest BCUT2D eigenvalue weighted by molar-refractivity contribution is 6.01. The number of carbonyl (C=O) groups is 2. The molecule has 0 saturated heterocycles. The van der Waals surface area contributed by atoms with Gasteiger partial charge in [-0.25, -0.2) is 4.68 Å². The molecule has 3 aromatic carbocycles. The molecule has 0 aliphatic heterocycles. The molecule has 4 rings (SSSR count). The van der Waals surface area contributed by atoms with E-state index >= 15 is 0 Å². The number of benzene rings is 3. The van der Waals surface area contributed by atoms with Crippen molar-refractivity contribution in [2.24, 2.45) is 0 Å². The third kappa shape index (κ3) is 5.54. The zero-order chi connectivity index (χ0) is 25.9. The largest absolute Gasteiger partial charge is 0.378 e. The predicted octanol–water partition coefficient (Wildman–Crippen LogP) is 4.19. The molecule has 0 saturated carbocycles. The summed E-state index contributed by atoms with van der Waals surface area (Å²) in [6.07, 6.45) is 0. The van der Waals surface area contributed by atoms with Gasteiger partial charge >= 0.3 is 0 Å². The maximum Gasteiger partial charge on any atom is 0.249 e. The van der Waals surface area contributed by atoms with Gasteiger partial charge in [-0.1, -0.05) is 47.7 Å². The van der Waals surface area contributed by atoms with Crippen molar-refractivity contribution < 1.29 is 9.59 Å². The van der Waals surface area contributed by atoms with E-state index in [1.165, 1.54) is 0 Å². The summed E-state index contributed by atoms with van der Waals surface area (Å²) in [5, 5.41) is 11.4. The molecule has 8 nitrogen and oxygen atoms in total. The number of fused-ring (bicyclic) bond motifs is 1. The third-order valence-electron chi connectivity index (χ3n) is 5.74. The minimum atomic E-state index is -0.884. The van der Waals surface area contributed by atoms with Crippen LogP contribution in [0.25, 0.3) is 11.0 Å². The van der Waals surface area contributed by atoms with Crippen molar-refractivity contribution in [1.82, 2.24) is 20.3 Å². The number of nitrogens with one attached hydrogen (secondary N) is 1. The molecule has 0 spiro atoms. The summed E-state index contributed by atoms with van der Waals surface area (Å²) in [6, 6.07) is 23.6. The maximum absolute atomic E-state index is 14.0. The van der Waals surface area contributed by atoms with Crippen LogP contribution in [-0.4, -0.2) is 46.4 Å². The summed E-state index contributed by atoms with van der Waals surface area (Å²) in [5.74, 6) is -0.539. The summed E-state index contributed by atoms with van der Waals surface area (Å²) < 4.78 is 1.57. The van der Waals surface area contributed by atoms with Crippen LogP contribution in [0, 0.1) is 0 Å². The Balaban J connectivity index is 1.80. The molecule has 2 amide bonds. The third-order valence-corrected chi connectivity index (χ3v) is 5.74. The Morgan fingerprint density at radius 2 is 1.53 bits per heavy atom. The van der Waals surface area contributed by atoms with Gasteiger partial charge in [-0.05, 0) is 62.7 Å². The summed E-state index contributed by atoms with van der Waals surface area (Å²) in [5.41, 5.74) is 3.32. The molecule has 186 valence electrons. The van der Waals surface area contributed by atoms with Gasteiger partial charge in [0.2, 0.25) is 11.8 Å². The van der Waals surface area contributed by atoms with Gasteiger partial charge < -0.3 is 10.2 Å². The lowest BCUT2D eigenvalue weighted by Crippen LogP contribution is -2.50. The SMILES string of the molecule is CN(C)c1ccc([C@H](C(=O)NC(C)(C)C)N(C(=O)Cn2nnc3ccccc32)c2ccccc2)cc1. The summed E-state index contributed by atoms with van der Waals surface area (Å²) >= 11 is 0. The van der Waals surface area contributed by atoms with Crippen molar-refractivity contribution in [3.63, 3.8) is 0 Å². The number of anilines is 2. The van der Waals surface area contributed by atoms with Gasteiger partial charge in [-0.3, -0.25) is 14.5 Å². The van der Waals surface area contributed by atoms with Gasteiger partial charge in [0, 0.05) is 31.0 Å². The average molecular weight is 485 g/mol. The first-order valence-corrected chi connectivity index (χ1v) is 11.9. The first kappa shape index (κ1) is 24.9. The van der Waals surface area contributed by atoms with E-state index in [0.29, 0.717) is 16.8 Å². The van der Waals surface area contributed by atoms with Crippen LogP contribution in [0.5, 0.6) is 0 Å². The molecule has 0 fully saturated rings. The minimum Gasteiger partial charge on any atom is -0.378 e. The Labute approximate surface area is 211 Å². The van der Waals surface area contributed by atoms with Crippen LogP contribution in [0.3, 0.4) is 0 Å². The van der Waals surface area contributed by atoms with Crippen molar-refractivity contribution in [2.75, 3.05) is 23.9 Å². The van der Waals surface area contributed by atoms with Crippen LogP contribution in [0.2, 0.25) is 0 Å². The van der Waals surface area contributed by atoms with E-state index in [9.17, 15) is 9.59 Å². The zero-order valence-corrected chi connectivity index (χ0v) is 21.3. The topological polar surface area (TPSA) is 83.4 Å². The van der Waals surface area contributed by atoms with E-state index in [0.717, 1.165) is 11.2 Å². The molecule has 8 heteroatoms. The van der Waals surface area contributed by atoms with Gasteiger partial charge in [0.15, 0.2) is 0 Å². The van der Waals surface area contributed by atoms with Crippen molar-refractivity contribution in [3.05, 3.63) is 84.4 Å². The van der Waals surface area contributed by atoms with Gasteiger partial charge in [0.1, 0.15) is 18.1 Å². The van der Waals surface area contributed by atoms with E-state index in [2.05, 4.69) is 15.6 Å². The number of carbonyl (C=O) groups excluding carboxylic acids is 2. The van der Waals surface area contributed by atoms with Crippen LogP contribution in [0.15, 0.2) is 78.9 Å². The summed E-state index contributed by atoms with van der Waals surface area (Å²) in [6.45, 7) is 5.71. The minimum absolute atomic E-state index is 0.0650. The fourth-order valence-electron chi connectivity index (χ4n) is 4.07. The van der Waals surface area contributed by atoms with Gasteiger partial charge in [0.25, 0.3) is 0 Å². The molecule has 36 heavy (non-hydrogen) atoms. The number of hydrogen-bond acceptors (Lipinski definition) is 5. The van der Waals surface area contributed by atoms with Crippen molar-refractivity contribution in [2.45, 2.75) is 38.9 Å². The molecule has 1 N–H and O–H groups in total. The lowest BCUT2D eigenvalue weighted by molar-refractivity contribution is -0.128. The number of rotatable bonds is 7. The highest BCUT2D eigenvalue weighted by atomic mass is 16.2. The second-order valence-corrected chi connectivity index (χ2v) is 9.96.